The number of amides is 2. The maximum Gasteiger partial charge on any atom is 0.409 e. The lowest BCUT2D eigenvalue weighted by Crippen LogP contribution is -2.46. The van der Waals surface area contributed by atoms with Crippen molar-refractivity contribution < 1.29 is 18.8 Å². The molecular formula is C18H20ClN3O4. The zero-order valence-corrected chi connectivity index (χ0v) is 15.2. The van der Waals surface area contributed by atoms with Crippen molar-refractivity contribution in [2.24, 2.45) is 0 Å². The number of rotatable bonds is 4. The molecule has 1 saturated heterocycles. The van der Waals surface area contributed by atoms with Crippen LogP contribution >= 0.6 is 11.6 Å². The molecule has 1 aromatic heterocycles. The molecular weight excluding hydrogens is 358 g/mol. The van der Waals surface area contributed by atoms with Gasteiger partial charge in [0.25, 0.3) is 5.91 Å². The number of nitrogens with one attached hydrogen (secondary N) is 1. The third-order valence-corrected chi connectivity index (χ3v) is 4.48. The monoisotopic (exact) mass is 377 g/mol. The molecule has 2 heterocycles. The number of ether oxygens (including phenoxy) is 1. The number of aromatic nitrogens is 1. The molecule has 1 aliphatic heterocycles. The van der Waals surface area contributed by atoms with Gasteiger partial charge in [0.1, 0.15) is 0 Å². The molecule has 1 N–H and O–H groups in total. The molecule has 3 rings (SSSR count). The van der Waals surface area contributed by atoms with E-state index in [0.717, 1.165) is 5.56 Å². The van der Waals surface area contributed by atoms with Gasteiger partial charge in [0.15, 0.2) is 11.5 Å². The Bertz CT molecular complexity index is 767. The van der Waals surface area contributed by atoms with Gasteiger partial charge in [-0.25, -0.2) is 4.79 Å². The Morgan fingerprint density at radius 3 is 2.65 bits per heavy atom. The second-order valence-electron chi connectivity index (χ2n) is 6.02. The number of carbonyl (C=O) groups excluding carboxylic acids is 2. The molecule has 2 aromatic rings. The minimum atomic E-state index is -0.304. The van der Waals surface area contributed by atoms with Gasteiger partial charge in [0.05, 0.1) is 6.61 Å². The Balaban J connectivity index is 1.55. The van der Waals surface area contributed by atoms with Crippen molar-refractivity contribution in [1.29, 1.82) is 0 Å². The number of piperidine rings is 1. The van der Waals surface area contributed by atoms with Crippen LogP contribution in [0.1, 0.15) is 30.3 Å². The number of nitrogens with zero attached hydrogens (tertiary/aromatic N) is 2. The highest BCUT2D eigenvalue weighted by molar-refractivity contribution is 6.30. The first kappa shape index (κ1) is 18.3. The number of likely N-dealkylation sites (tertiary alicyclic amines) is 1. The van der Waals surface area contributed by atoms with Crippen LogP contribution in [0.15, 0.2) is 34.9 Å². The lowest BCUT2D eigenvalue weighted by molar-refractivity contribution is 0.0854. The Hall–Kier alpha value is -2.54. The first-order valence-corrected chi connectivity index (χ1v) is 8.90. The first-order valence-electron chi connectivity index (χ1n) is 8.52. The molecule has 26 heavy (non-hydrogen) atoms. The summed E-state index contributed by atoms with van der Waals surface area (Å²) in [5.74, 6) is 0.215. The third kappa shape index (κ3) is 4.35. The largest absolute Gasteiger partial charge is 0.450 e. The van der Waals surface area contributed by atoms with Gasteiger partial charge in [-0.3, -0.25) is 4.79 Å². The van der Waals surface area contributed by atoms with E-state index in [1.165, 1.54) is 0 Å². The summed E-state index contributed by atoms with van der Waals surface area (Å²) in [5, 5.41) is 7.41. The molecule has 7 nitrogen and oxygen atoms in total. The van der Waals surface area contributed by atoms with Crippen molar-refractivity contribution in [3.05, 3.63) is 41.0 Å². The summed E-state index contributed by atoms with van der Waals surface area (Å²) in [6.45, 7) is 3.25. The molecule has 138 valence electrons. The van der Waals surface area contributed by atoms with Gasteiger partial charge in [-0.1, -0.05) is 16.8 Å². The summed E-state index contributed by atoms with van der Waals surface area (Å²) in [5.41, 5.74) is 1.02. The van der Waals surface area contributed by atoms with Gasteiger partial charge in [0.2, 0.25) is 0 Å². The normalized spacial score (nSPS) is 14.9. The summed E-state index contributed by atoms with van der Waals surface area (Å²) in [6, 6.07) is 8.69. The van der Waals surface area contributed by atoms with E-state index in [4.69, 9.17) is 20.9 Å². The highest BCUT2D eigenvalue weighted by atomic mass is 35.5. The fourth-order valence-electron chi connectivity index (χ4n) is 2.81. The van der Waals surface area contributed by atoms with Crippen LogP contribution in [-0.2, 0) is 4.74 Å². The maximum atomic E-state index is 12.4. The van der Waals surface area contributed by atoms with E-state index >= 15 is 0 Å². The molecule has 1 fully saturated rings. The molecule has 0 radical (unpaired) electrons. The second kappa shape index (κ2) is 8.23. The Labute approximate surface area is 156 Å². The van der Waals surface area contributed by atoms with Crippen LogP contribution < -0.4 is 5.32 Å². The Morgan fingerprint density at radius 1 is 1.31 bits per heavy atom. The van der Waals surface area contributed by atoms with E-state index in [1.807, 2.05) is 0 Å². The predicted octanol–water partition coefficient (Wildman–Crippen LogP) is 3.35. The zero-order valence-electron chi connectivity index (χ0n) is 14.4. The molecule has 2 amide bonds. The summed E-state index contributed by atoms with van der Waals surface area (Å²) in [6.07, 6.45) is 1.04. The molecule has 0 spiro atoms. The zero-order chi connectivity index (χ0) is 18.5. The number of carbonyl (C=O) groups is 2. The number of hydrogen-bond acceptors (Lipinski definition) is 5. The molecule has 8 heteroatoms. The van der Waals surface area contributed by atoms with Crippen LogP contribution in [0, 0.1) is 0 Å². The fourth-order valence-corrected chi connectivity index (χ4v) is 2.94. The topological polar surface area (TPSA) is 84.7 Å². The second-order valence-corrected chi connectivity index (χ2v) is 6.45. The van der Waals surface area contributed by atoms with Crippen LogP contribution in [0.25, 0.3) is 11.3 Å². The van der Waals surface area contributed by atoms with Crippen molar-refractivity contribution in [2.75, 3.05) is 19.7 Å². The van der Waals surface area contributed by atoms with Crippen LogP contribution in [0.4, 0.5) is 4.79 Å². The summed E-state index contributed by atoms with van der Waals surface area (Å²) in [4.78, 5) is 25.7. The lowest BCUT2D eigenvalue weighted by atomic mass is 10.1. The Kier molecular flexibility index (Phi) is 5.78. The quantitative estimate of drug-likeness (QED) is 0.883. The standard InChI is InChI=1S/C18H20ClN3O4/c1-2-25-18(24)22-9-7-14(8-10-22)20-17(23)15-11-16(26-21-15)12-3-5-13(19)6-4-12/h3-6,11,14H,2,7-10H2,1H3,(H,20,23). The van der Waals surface area contributed by atoms with Crippen LogP contribution in [0.5, 0.6) is 0 Å². The first-order chi connectivity index (χ1) is 12.6. The summed E-state index contributed by atoms with van der Waals surface area (Å²) in [7, 11) is 0. The molecule has 0 aliphatic carbocycles. The van der Waals surface area contributed by atoms with Gasteiger partial charge in [0, 0.05) is 35.8 Å². The highest BCUT2D eigenvalue weighted by Gasteiger charge is 2.25. The van der Waals surface area contributed by atoms with E-state index in [1.54, 1.807) is 42.2 Å². The molecule has 1 aliphatic rings. The average molecular weight is 378 g/mol. The van der Waals surface area contributed by atoms with Gasteiger partial charge < -0.3 is 19.5 Å². The molecule has 0 bridgehead atoms. The van der Waals surface area contributed by atoms with Crippen LogP contribution in [0.2, 0.25) is 5.02 Å². The van der Waals surface area contributed by atoms with Crippen LogP contribution in [0.3, 0.4) is 0 Å². The van der Waals surface area contributed by atoms with Gasteiger partial charge >= 0.3 is 6.09 Å². The number of hydrogen-bond donors (Lipinski definition) is 1. The van der Waals surface area contributed by atoms with Crippen molar-refractivity contribution in [2.45, 2.75) is 25.8 Å². The van der Waals surface area contributed by atoms with Crippen molar-refractivity contribution in [3.8, 4) is 11.3 Å². The third-order valence-electron chi connectivity index (χ3n) is 4.23. The smallest absolute Gasteiger partial charge is 0.409 e. The molecule has 0 unspecified atom stereocenters. The van der Waals surface area contributed by atoms with E-state index in [0.29, 0.717) is 43.3 Å². The fraction of sp³-hybridized carbons (Fsp3) is 0.389. The van der Waals surface area contributed by atoms with Gasteiger partial charge in [-0.2, -0.15) is 0 Å². The predicted molar refractivity (Wildman–Crippen MR) is 96.0 cm³/mol. The van der Waals surface area contributed by atoms with Crippen molar-refractivity contribution in [1.82, 2.24) is 15.4 Å². The summed E-state index contributed by atoms with van der Waals surface area (Å²) < 4.78 is 10.2. The number of benzene rings is 1. The molecule has 0 saturated carbocycles. The highest BCUT2D eigenvalue weighted by Crippen LogP contribution is 2.22. The van der Waals surface area contributed by atoms with E-state index in [2.05, 4.69) is 10.5 Å². The number of halogens is 1. The molecule has 0 atom stereocenters. The average Bonchev–Trinajstić information content (AvgIpc) is 3.13. The maximum absolute atomic E-state index is 12.4. The Morgan fingerprint density at radius 2 is 2.00 bits per heavy atom. The van der Waals surface area contributed by atoms with Crippen molar-refractivity contribution in [3.63, 3.8) is 0 Å². The SMILES string of the molecule is CCOC(=O)N1CCC(NC(=O)c2cc(-c3ccc(Cl)cc3)on2)CC1. The summed E-state index contributed by atoms with van der Waals surface area (Å²) >= 11 is 5.87. The van der Waals surface area contributed by atoms with E-state index in [9.17, 15) is 9.59 Å². The minimum absolute atomic E-state index is 0.0103. The van der Waals surface area contributed by atoms with Gasteiger partial charge in [-0.15, -0.1) is 0 Å². The van der Waals surface area contributed by atoms with E-state index < -0.39 is 0 Å². The molecule has 1 aromatic carbocycles. The van der Waals surface area contributed by atoms with Crippen molar-refractivity contribution >= 4 is 23.6 Å². The van der Waals surface area contributed by atoms with Gasteiger partial charge in [-0.05, 0) is 44.0 Å². The lowest BCUT2D eigenvalue weighted by Gasteiger charge is -2.31. The van der Waals surface area contributed by atoms with Crippen LogP contribution in [-0.4, -0.2) is 47.8 Å². The minimum Gasteiger partial charge on any atom is -0.450 e. The van der Waals surface area contributed by atoms with E-state index in [-0.39, 0.29) is 23.7 Å².